The maximum Gasteiger partial charge on any atom is 0.234 e. The van der Waals surface area contributed by atoms with Crippen LogP contribution in [0.2, 0.25) is 0 Å². The van der Waals surface area contributed by atoms with Gasteiger partial charge in [0.25, 0.3) is 0 Å². The Morgan fingerprint density at radius 1 is 1.27 bits per heavy atom. The minimum atomic E-state index is -0.875. The number of thioether (sulfide) groups is 1. The molecule has 3 aromatic rings. The van der Waals surface area contributed by atoms with E-state index in [-0.39, 0.29) is 11.7 Å². The molecule has 0 N–H and O–H groups in total. The number of carbonyl (C=O) groups is 1. The molecule has 0 saturated heterocycles. The van der Waals surface area contributed by atoms with Gasteiger partial charge in [-0.2, -0.15) is 5.26 Å². The van der Waals surface area contributed by atoms with Gasteiger partial charge in [0.2, 0.25) is 5.91 Å². The zero-order chi connectivity index (χ0) is 21.9. The number of nitrogens with zero attached hydrogens (tertiary/aromatic N) is 6. The first-order chi connectivity index (χ1) is 14.2. The zero-order valence-electron chi connectivity index (χ0n) is 17.7. The van der Waals surface area contributed by atoms with Crippen molar-refractivity contribution in [2.24, 2.45) is 0 Å². The van der Waals surface area contributed by atoms with Crippen molar-refractivity contribution < 1.29 is 4.79 Å². The van der Waals surface area contributed by atoms with Gasteiger partial charge in [0.15, 0.2) is 11.0 Å². The van der Waals surface area contributed by atoms with E-state index in [1.807, 2.05) is 42.7 Å². The van der Waals surface area contributed by atoms with Gasteiger partial charge in [0.1, 0.15) is 5.54 Å². The number of hydrogen-bond acceptors (Lipinski definition) is 6. The summed E-state index contributed by atoms with van der Waals surface area (Å²) < 4.78 is 1.96. The number of hydrogen-bond donors (Lipinski definition) is 0. The average Bonchev–Trinajstić information content (AvgIpc) is 3.15. The number of carbonyl (C=O) groups excluding carboxylic acids is 1. The Hall–Kier alpha value is -3.18. The lowest BCUT2D eigenvalue weighted by molar-refractivity contribution is -0.130. The van der Waals surface area contributed by atoms with Crippen molar-refractivity contribution in [2.45, 2.75) is 38.4 Å². The van der Waals surface area contributed by atoms with Crippen LogP contribution in [-0.4, -0.2) is 48.9 Å². The number of aromatic nitrogens is 4. The summed E-state index contributed by atoms with van der Waals surface area (Å²) in [4.78, 5) is 18.3. The third-order valence-electron chi connectivity index (χ3n) is 4.96. The Labute approximate surface area is 180 Å². The largest absolute Gasteiger partial charge is 0.327 e. The van der Waals surface area contributed by atoms with Crippen molar-refractivity contribution in [2.75, 3.05) is 12.8 Å². The van der Waals surface area contributed by atoms with Gasteiger partial charge in [0, 0.05) is 25.0 Å². The van der Waals surface area contributed by atoms with E-state index in [0.717, 1.165) is 22.4 Å². The summed E-state index contributed by atoms with van der Waals surface area (Å²) >= 11 is 1.30. The first-order valence-electron chi connectivity index (χ1n) is 9.48. The van der Waals surface area contributed by atoms with Gasteiger partial charge in [-0.15, -0.1) is 10.2 Å². The van der Waals surface area contributed by atoms with Gasteiger partial charge < -0.3 is 4.90 Å². The van der Waals surface area contributed by atoms with Crippen LogP contribution in [0.25, 0.3) is 17.1 Å². The summed E-state index contributed by atoms with van der Waals surface area (Å²) in [6, 6.07) is 12.1. The highest BCUT2D eigenvalue weighted by Crippen LogP contribution is 2.30. The molecule has 0 aliphatic carbocycles. The molecule has 2 heterocycles. The quantitative estimate of drug-likeness (QED) is 0.564. The summed E-state index contributed by atoms with van der Waals surface area (Å²) in [5.74, 6) is 0.665. The summed E-state index contributed by atoms with van der Waals surface area (Å²) in [7, 11) is 1.64. The fourth-order valence-electron chi connectivity index (χ4n) is 2.93. The van der Waals surface area contributed by atoms with E-state index in [9.17, 15) is 10.1 Å². The molecular weight excluding hydrogens is 396 g/mol. The average molecular weight is 421 g/mol. The van der Waals surface area contributed by atoms with Crippen LogP contribution in [0, 0.1) is 25.2 Å². The van der Waals surface area contributed by atoms with Crippen LogP contribution in [0.4, 0.5) is 0 Å². The number of amides is 1. The second-order valence-corrected chi connectivity index (χ2v) is 8.53. The molecule has 3 rings (SSSR count). The van der Waals surface area contributed by atoms with Gasteiger partial charge in [0.05, 0.1) is 17.5 Å². The highest BCUT2D eigenvalue weighted by Gasteiger charge is 2.28. The van der Waals surface area contributed by atoms with E-state index in [4.69, 9.17) is 0 Å². The Kier molecular flexibility index (Phi) is 6.22. The Balaban J connectivity index is 1.99. The van der Waals surface area contributed by atoms with Gasteiger partial charge in [-0.1, -0.05) is 29.5 Å². The van der Waals surface area contributed by atoms with E-state index >= 15 is 0 Å². The second kappa shape index (κ2) is 8.67. The number of rotatable bonds is 6. The van der Waals surface area contributed by atoms with Gasteiger partial charge in [-0.05, 0) is 51.5 Å². The molecule has 0 spiro atoms. The zero-order valence-corrected chi connectivity index (χ0v) is 18.6. The minimum Gasteiger partial charge on any atom is -0.327 e. The maximum absolute atomic E-state index is 12.6. The monoisotopic (exact) mass is 420 g/mol. The fourth-order valence-corrected chi connectivity index (χ4v) is 3.79. The molecule has 0 bridgehead atoms. The van der Waals surface area contributed by atoms with Crippen LogP contribution in [0.15, 0.2) is 47.9 Å². The van der Waals surface area contributed by atoms with Gasteiger partial charge in [-0.3, -0.25) is 14.3 Å². The maximum atomic E-state index is 12.6. The van der Waals surface area contributed by atoms with Crippen molar-refractivity contribution in [3.63, 3.8) is 0 Å². The normalized spacial score (nSPS) is 11.2. The Bertz CT molecular complexity index is 1100. The Morgan fingerprint density at radius 2 is 2.03 bits per heavy atom. The van der Waals surface area contributed by atoms with E-state index < -0.39 is 5.54 Å². The smallest absolute Gasteiger partial charge is 0.234 e. The number of pyridine rings is 1. The molecule has 0 atom stereocenters. The van der Waals surface area contributed by atoms with Gasteiger partial charge in [-0.25, -0.2) is 0 Å². The van der Waals surface area contributed by atoms with Crippen LogP contribution < -0.4 is 0 Å². The molecule has 0 unspecified atom stereocenters. The molecule has 1 aromatic carbocycles. The van der Waals surface area contributed by atoms with E-state index in [0.29, 0.717) is 11.0 Å². The summed E-state index contributed by atoms with van der Waals surface area (Å²) in [6.07, 6.45) is 3.45. The lowest BCUT2D eigenvalue weighted by Crippen LogP contribution is -2.44. The van der Waals surface area contributed by atoms with Crippen LogP contribution in [0.1, 0.15) is 25.0 Å². The highest BCUT2D eigenvalue weighted by molar-refractivity contribution is 7.99. The molecule has 7 nitrogen and oxygen atoms in total. The molecule has 0 saturated carbocycles. The molecule has 0 fully saturated rings. The van der Waals surface area contributed by atoms with Crippen LogP contribution in [-0.2, 0) is 4.79 Å². The predicted octanol–water partition coefficient (Wildman–Crippen LogP) is 3.80. The molecule has 1 amide bonds. The predicted molar refractivity (Wildman–Crippen MR) is 117 cm³/mol. The van der Waals surface area contributed by atoms with E-state index in [1.165, 1.54) is 16.7 Å². The lowest BCUT2D eigenvalue weighted by atomic mass is 10.1. The van der Waals surface area contributed by atoms with Crippen molar-refractivity contribution in [3.05, 3.63) is 53.9 Å². The summed E-state index contributed by atoms with van der Waals surface area (Å²) in [5.41, 5.74) is 3.16. The molecule has 154 valence electrons. The SMILES string of the molecule is Cc1ccc(-n2c(SCC(=O)N(C)C(C)(C)C#N)nnc2-c2cccnc2)c(C)c1. The van der Waals surface area contributed by atoms with Crippen LogP contribution >= 0.6 is 11.8 Å². The summed E-state index contributed by atoms with van der Waals surface area (Å²) in [6.45, 7) is 7.52. The topological polar surface area (TPSA) is 87.7 Å². The number of benzene rings is 1. The molecule has 0 aliphatic rings. The van der Waals surface area contributed by atoms with Crippen molar-refractivity contribution in [1.29, 1.82) is 5.26 Å². The third kappa shape index (κ3) is 4.36. The van der Waals surface area contributed by atoms with Gasteiger partial charge >= 0.3 is 0 Å². The fraction of sp³-hybridized carbons (Fsp3) is 0.318. The molecule has 0 radical (unpaired) electrons. The standard InChI is InChI=1S/C22H24N6OS/c1-15-8-9-18(16(2)11-15)28-20(17-7-6-10-24-12-17)25-26-21(28)30-13-19(29)27(5)22(3,4)14-23/h6-12H,13H2,1-5H3. The molecular formula is C22H24N6OS. The van der Waals surface area contributed by atoms with Crippen molar-refractivity contribution in [3.8, 4) is 23.1 Å². The molecule has 2 aromatic heterocycles. The van der Waals surface area contributed by atoms with Crippen LogP contribution in [0.5, 0.6) is 0 Å². The van der Waals surface area contributed by atoms with E-state index in [1.54, 1.807) is 33.3 Å². The minimum absolute atomic E-state index is 0.148. The summed E-state index contributed by atoms with van der Waals surface area (Å²) in [5, 5.41) is 18.6. The second-order valence-electron chi connectivity index (χ2n) is 7.59. The molecule has 8 heteroatoms. The van der Waals surface area contributed by atoms with Crippen molar-refractivity contribution >= 4 is 17.7 Å². The van der Waals surface area contributed by atoms with Crippen molar-refractivity contribution in [1.82, 2.24) is 24.6 Å². The van der Waals surface area contributed by atoms with Crippen LogP contribution in [0.3, 0.4) is 0 Å². The highest BCUT2D eigenvalue weighted by atomic mass is 32.2. The number of nitriles is 1. The third-order valence-corrected chi connectivity index (χ3v) is 5.87. The molecule has 30 heavy (non-hydrogen) atoms. The Morgan fingerprint density at radius 3 is 2.67 bits per heavy atom. The lowest BCUT2D eigenvalue weighted by Gasteiger charge is -2.28. The number of aryl methyl sites for hydroxylation is 2. The molecule has 0 aliphatic heterocycles. The van der Waals surface area contributed by atoms with E-state index in [2.05, 4.69) is 27.3 Å². The first kappa shape index (κ1) is 21.5. The first-order valence-corrected chi connectivity index (χ1v) is 10.5.